The minimum absolute atomic E-state index is 0.118. The van der Waals surface area contributed by atoms with Crippen molar-refractivity contribution in [2.75, 3.05) is 36.4 Å². The number of anilines is 2. The van der Waals surface area contributed by atoms with Gasteiger partial charge in [-0.25, -0.2) is 13.1 Å². The SMILES string of the molecule is CC(C)NS(=O)(=O)c1ccc(NC(=O)C(C)N2CCN(c3cccc(Cl)c3)CC2)cc1. The van der Waals surface area contributed by atoms with Crippen LogP contribution in [0.15, 0.2) is 53.4 Å². The van der Waals surface area contributed by atoms with Gasteiger partial charge in [0.2, 0.25) is 15.9 Å². The van der Waals surface area contributed by atoms with E-state index < -0.39 is 10.0 Å². The van der Waals surface area contributed by atoms with Gasteiger partial charge in [-0.3, -0.25) is 9.69 Å². The highest BCUT2D eigenvalue weighted by atomic mass is 35.5. The molecule has 2 aromatic rings. The van der Waals surface area contributed by atoms with E-state index in [1.54, 1.807) is 26.0 Å². The predicted octanol–water partition coefficient (Wildman–Crippen LogP) is 3.18. The fraction of sp³-hybridized carbons (Fsp3) is 0.409. The lowest BCUT2D eigenvalue weighted by molar-refractivity contribution is -0.120. The van der Waals surface area contributed by atoms with Crippen molar-refractivity contribution in [3.63, 3.8) is 0 Å². The van der Waals surface area contributed by atoms with Crippen LogP contribution in [0.2, 0.25) is 5.02 Å². The Morgan fingerprint density at radius 3 is 2.23 bits per heavy atom. The second kappa shape index (κ2) is 9.99. The van der Waals surface area contributed by atoms with Crippen molar-refractivity contribution in [3.05, 3.63) is 53.6 Å². The summed E-state index contributed by atoms with van der Waals surface area (Å²) in [5, 5.41) is 3.60. The number of carbonyl (C=O) groups is 1. The summed E-state index contributed by atoms with van der Waals surface area (Å²) in [5.74, 6) is -0.118. The highest BCUT2D eigenvalue weighted by Gasteiger charge is 2.26. The molecule has 2 aromatic carbocycles. The van der Waals surface area contributed by atoms with Crippen molar-refractivity contribution in [1.29, 1.82) is 0 Å². The van der Waals surface area contributed by atoms with E-state index in [2.05, 4.69) is 19.8 Å². The Labute approximate surface area is 189 Å². The molecule has 0 spiro atoms. The van der Waals surface area contributed by atoms with E-state index >= 15 is 0 Å². The van der Waals surface area contributed by atoms with Gasteiger partial charge in [-0.2, -0.15) is 0 Å². The van der Waals surface area contributed by atoms with Gasteiger partial charge >= 0.3 is 0 Å². The number of benzene rings is 2. The lowest BCUT2D eigenvalue weighted by Gasteiger charge is -2.38. The molecule has 7 nitrogen and oxygen atoms in total. The number of carbonyl (C=O) groups excluding carboxylic acids is 1. The molecule has 168 valence electrons. The fourth-order valence-corrected chi connectivity index (χ4v) is 4.98. The van der Waals surface area contributed by atoms with E-state index in [0.717, 1.165) is 31.9 Å². The summed E-state index contributed by atoms with van der Waals surface area (Å²) < 4.78 is 27.0. The Kier molecular flexibility index (Phi) is 7.59. The Bertz CT molecular complexity index is 1000. The maximum atomic E-state index is 12.7. The first-order chi connectivity index (χ1) is 14.7. The Balaban J connectivity index is 1.55. The second-order valence-electron chi connectivity index (χ2n) is 7.97. The average molecular weight is 465 g/mol. The zero-order valence-corrected chi connectivity index (χ0v) is 19.6. The minimum Gasteiger partial charge on any atom is -0.369 e. The van der Waals surface area contributed by atoms with Gasteiger partial charge in [0.05, 0.1) is 10.9 Å². The van der Waals surface area contributed by atoms with Crippen LogP contribution in [-0.4, -0.2) is 57.5 Å². The molecule has 9 heteroatoms. The Morgan fingerprint density at radius 2 is 1.65 bits per heavy atom. The standard InChI is InChI=1S/C22H29ClN4O3S/c1-16(2)25-31(29,30)21-9-7-19(8-10-21)24-22(28)17(3)26-11-13-27(14-12-26)20-6-4-5-18(23)15-20/h4-10,15-17,25H,11-14H2,1-3H3,(H,24,28). The van der Waals surface area contributed by atoms with Crippen LogP contribution in [-0.2, 0) is 14.8 Å². The van der Waals surface area contributed by atoms with Gasteiger partial charge in [0, 0.05) is 48.6 Å². The van der Waals surface area contributed by atoms with E-state index in [9.17, 15) is 13.2 Å². The van der Waals surface area contributed by atoms with Gasteiger partial charge in [-0.05, 0) is 63.2 Å². The summed E-state index contributed by atoms with van der Waals surface area (Å²) in [7, 11) is -3.55. The molecule has 3 rings (SSSR count). The molecular formula is C22H29ClN4O3S. The molecule has 0 saturated carbocycles. The van der Waals surface area contributed by atoms with Gasteiger partial charge in [0.1, 0.15) is 0 Å². The molecule has 1 saturated heterocycles. The first-order valence-electron chi connectivity index (χ1n) is 10.3. The molecule has 1 amide bonds. The lowest BCUT2D eigenvalue weighted by Crippen LogP contribution is -2.52. The first-order valence-corrected chi connectivity index (χ1v) is 12.2. The van der Waals surface area contributed by atoms with Crippen LogP contribution in [0, 0.1) is 0 Å². The quantitative estimate of drug-likeness (QED) is 0.657. The zero-order valence-electron chi connectivity index (χ0n) is 18.0. The van der Waals surface area contributed by atoms with E-state index in [-0.39, 0.29) is 22.9 Å². The van der Waals surface area contributed by atoms with Crippen LogP contribution in [0.4, 0.5) is 11.4 Å². The second-order valence-corrected chi connectivity index (χ2v) is 10.1. The number of rotatable bonds is 7. The lowest BCUT2D eigenvalue weighted by atomic mass is 10.2. The van der Waals surface area contributed by atoms with Crippen molar-refractivity contribution >= 4 is 38.9 Å². The number of hydrogen-bond donors (Lipinski definition) is 2. The van der Waals surface area contributed by atoms with Crippen molar-refractivity contribution in [3.8, 4) is 0 Å². The smallest absolute Gasteiger partial charge is 0.241 e. The molecule has 1 aliphatic rings. The molecule has 0 radical (unpaired) electrons. The van der Waals surface area contributed by atoms with Crippen LogP contribution < -0.4 is 14.9 Å². The van der Waals surface area contributed by atoms with Gasteiger partial charge in [0.15, 0.2) is 0 Å². The average Bonchev–Trinajstić information content (AvgIpc) is 2.73. The monoisotopic (exact) mass is 464 g/mol. The summed E-state index contributed by atoms with van der Waals surface area (Å²) >= 11 is 6.09. The summed E-state index contributed by atoms with van der Waals surface area (Å²) in [6.07, 6.45) is 0. The molecule has 0 aliphatic carbocycles. The number of sulfonamides is 1. The predicted molar refractivity (Wildman–Crippen MR) is 125 cm³/mol. The van der Waals surface area contributed by atoms with E-state index in [1.165, 1.54) is 12.1 Å². The third-order valence-corrected chi connectivity index (χ3v) is 7.15. The molecule has 31 heavy (non-hydrogen) atoms. The molecular weight excluding hydrogens is 436 g/mol. The third-order valence-electron chi connectivity index (χ3n) is 5.24. The maximum absolute atomic E-state index is 12.7. The van der Waals surface area contributed by atoms with Crippen LogP contribution >= 0.6 is 11.6 Å². The largest absolute Gasteiger partial charge is 0.369 e. The van der Waals surface area contributed by atoms with Gasteiger partial charge < -0.3 is 10.2 Å². The molecule has 0 aromatic heterocycles. The first kappa shape index (κ1) is 23.5. The summed E-state index contributed by atoms with van der Waals surface area (Å²) in [4.78, 5) is 17.3. The van der Waals surface area contributed by atoms with E-state index in [1.807, 2.05) is 31.2 Å². The molecule has 0 bridgehead atoms. The van der Waals surface area contributed by atoms with Gasteiger partial charge in [-0.15, -0.1) is 0 Å². The molecule has 2 N–H and O–H groups in total. The molecule has 1 aliphatic heterocycles. The maximum Gasteiger partial charge on any atom is 0.241 e. The van der Waals surface area contributed by atoms with Crippen molar-refractivity contribution in [1.82, 2.24) is 9.62 Å². The molecule has 1 heterocycles. The zero-order chi connectivity index (χ0) is 22.6. The van der Waals surface area contributed by atoms with E-state index in [0.29, 0.717) is 10.7 Å². The molecule has 1 atom stereocenters. The third kappa shape index (κ3) is 6.20. The fourth-order valence-electron chi connectivity index (χ4n) is 3.55. The summed E-state index contributed by atoms with van der Waals surface area (Å²) in [6, 6.07) is 13.5. The van der Waals surface area contributed by atoms with Crippen molar-refractivity contribution in [2.24, 2.45) is 0 Å². The molecule has 1 unspecified atom stereocenters. The normalized spacial score (nSPS) is 16.4. The van der Waals surface area contributed by atoms with Crippen molar-refractivity contribution < 1.29 is 13.2 Å². The van der Waals surface area contributed by atoms with Crippen LogP contribution in [0.5, 0.6) is 0 Å². The van der Waals surface area contributed by atoms with Crippen LogP contribution in [0.1, 0.15) is 20.8 Å². The van der Waals surface area contributed by atoms with Gasteiger partial charge in [-0.1, -0.05) is 17.7 Å². The van der Waals surface area contributed by atoms with E-state index in [4.69, 9.17) is 11.6 Å². The summed E-state index contributed by atoms with van der Waals surface area (Å²) in [6.45, 7) is 8.57. The Hall–Kier alpha value is -2.13. The number of piperazine rings is 1. The number of nitrogens with zero attached hydrogens (tertiary/aromatic N) is 2. The molecule has 1 fully saturated rings. The number of amides is 1. The van der Waals surface area contributed by atoms with Gasteiger partial charge in [0.25, 0.3) is 0 Å². The number of hydrogen-bond acceptors (Lipinski definition) is 5. The highest BCUT2D eigenvalue weighted by molar-refractivity contribution is 7.89. The Morgan fingerprint density at radius 1 is 1.00 bits per heavy atom. The van der Waals surface area contributed by atoms with Crippen molar-refractivity contribution in [2.45, 2.75) is 37.8 Å². The number of nitrogens with one attached hydrogen (secondary N) is 2. The summed E-state index contributed by atoms with van der Waals surface area (Å²) in [5.41, 5.74) is 1.66. The van der Waals surface area contributed by atoms with Crippen LogP contribution in [0.25, 0.3) is 0 Å². The van der Waals surface area contributed by atoms with Crippen LogP contribution in [0.3, 0.4) is 0 Å². The topological polar surface area (TPSA) is 81.8 Å². The number of halogens is 1. The highest BCUT2D eigenvalue weighted by Crippen LogP contribution is 2.22. The minimum atomic E-state index is -3.55.